The van der Waals surface area contributed by atoms with Crippen LogP contribution in [0.3, 0.4) is 0 Å². The molecule has 0 bridgehead atoms. The molecule has 0 N–H and O–H groups in total. The van der Waals surface area contributed by atoms with E-state index in [0.29, 0.717) is 22.6 Å². The van der Waals surface area contributed by atoms with Crippen LogP contribution in [0.25, 0.3) is 0 Å². The second-order valence-corrected chi connectivity index (χ2v) is 9.23. The second-order valence-electron chi connectivity index (χ2n) is 5.94. The third kappa shape index (κ3) is 4.41. The molecule has 0 saturated heterocycles. The summed E-state index contributed by atoms with van der Waals surface area (Å²) in [6.45, 7) is -0.969. The molecule has 0 aliphatic heterocycles. The standard InChI is InChI=1S/C22H17N2O2PS/c1-2-19-9-3-4-12-22(19)27(28,25-20-10-5-7-17(13-20)15-23)26-21-11-6-8-18(14-21)16-24/h3-14H,2H2,1H3. The third-order valence-corrected chi connectivity index (χ3v) is 7.01. The van der Waals surface area contributed by atoms with E-state index in [4.69, 9.17) is 31.4 Å². The smallest absolute Gasteiger partial charge is 0.319 e. The Morgan fingerprint density at radius 1 is 0.821 bits per heavy atom. The first-order chi connectivity index (χ1) is 13.6. The van der Waals surface area contributed by atoms with Crippen molar-refractivity contribution in [3.05, 3.63) is 89.5 Å². The van der Waals surface area contributed by atoms with Crippen molar-refractivity contribution in [1.82, 2.24) is 0 Å². The molecule has 0 aromatic heterocycles. The molecule has 6 heteroatoms. The number of aryl methyl sites for hydroxylation is 1. The molecule has 4 nitrogen and oxygen atoms in total. The largest absolute Gasteiger partial charge is 0.432 e. The lowest BCUT2D eigenvalue weighted by atomic mass is 10.2. The summed E-state index contributed by atoms with van der Waals surface area (Å²) >= 11 is 5.95. The summed E-state index contributed by atoms with van der Waals surface area (Å²) in [7, 11) is 0. The van der Waals surface area contributed by atoms with Gasteiger partial charge in [-0.1, -0.05) is 37.3 Å². The Kier molecular flexibility index (Phi) is 6.12. The Morgan fingerprint density at radius 2 is 1.36 bits per heavy atom. The van der Waals surface area contributed by atoms with E-state index in [1.54, 1.807) is 48.5 Å². The molecule has 0 unspecified atom stereocenters. The molecule has 3 aromatic rings. The molecule has 28 heavy (non-hydrogen) atoms. The van der Waals surface area contributed by atoms with Crippen molar-refractivity contribution >= 4 is 23.6 Å². The van der Waals surface area contributed by atoms with Gasteiger partial charge in [-0.25, -0.2) is 0 Å². The van der Waals surface area contributed by atoms with Crippen molar-refractivity contribution in [2.75, 3.05) is 0 Å². The molecular weight excluding hydrogens is 387 g/mol. The summed E-state index contributed by atoms with van der Waals surface area (Å²) in [4.78, 5) is 0. The number of hydrogen-bond donors (Lipinski definition) is 0. The highest BCUT2D eigenvalue weighted by Crippen LogP contribution is 2.49. The van der Waals surface area contributed by atoms with E-state index >= 15 is 0 Å². The van der Waals surface area contributed by atoms with Crippen LogP contribution in [0.1, 0.15) is 23.6 Å². The highest BCUT2D eigenvalue weighted by atomic mass is 32.5. The van der Waals surface area contributed by atoms with Gasteiger partial charge in [-0.2, -0.15) is 10.5 Å². The predicted molar refractivity (Wildman–Crippen MR) is 113 cm³/mol. The maximum atomic E-state index is 9.17. The van der Waals surface area contributed by atoms with E-state index in [0.717, 1.165) is 17.3 Å². The van der Waals surface area contributed by atoms with Crippen LogP contribution in [0.5, 0.6) is 11.5 Å². The Labute approximate surface area is 169 Å². The van der Waals surface area contributed by atoms with Crippen LogP contribution < -0.4 is 14.4 Å². The fourth-order valence-electron chi connectivity index (χ4n) is 2.72. The topological polar surface area (TPSA) is 66.0 Å². The highest BCUT2D eigenvalue weighted by molar-refractivity contribution is 8.13. The number of hydrogen-bond acceptors (Lipinski definition) is 5. The SMILES string of the molecule is CCc1ccccc1P(=S)(Oc1cccc(C#N)c1)Oc1cccc(C#N)c1. The summed E-state index contributed by atoms with van der Waals surface area (Å²) in [6, 6.07) is 25.7. The molecule has 0 spiro atoms. The van der Waals surface area contributed by atoms with Gasteiger partial charge in [0.25, 0.3) is 0 Å². The van der Waals surface area contributed by atoms with Crippen molar-refractivity contribution in [3.8, 4) is 23.6 Å². The number of nitrogens with zero attached hydrogens (tertiary/aromatic N) is 2. The first-order valence-corrected chi connectivity index (χ1v) is 11.3. The molecular formula is C22H17N2O2PS. The Balaban J connectivity index is 2.08. The van der Waals surface area contributed by atoms with Gasteiger partial charge >= 0.3 is 6.49 Å². The minimum atomic E-state index is -3.02. The molecule has 0 aliphatic rings. The van der Waals surface area contributed by atoms with Crippen LogP contribution in [0.4, 0.5) is 0 Å². The molecule has 0 aliphatic carbocycles. The normalized spacial score (nSPS) is 10.5. The summed E-state index contributed by atoms with van der Waals surface area (Å²) in [6.07, 6.45) is 0.776. The summed E-state index contributed by atoms with van der Waals surface area (Å²) < 4.78 is 12.4. The third-order valence-electron chi connectivity index (χ3n) is 4.05. The molecule has 138 valence electrons. The van der Waals surface area contributed by atoms with Gasteiger partial charge < -0.3 is 9.05 Å². The van der Waals surface area contributed by atoms with E-state index in [1.165, 1.54) is 0 Å². The lowest BCUT2D eigenvalue weighted by Gasteiger charge is -2.26. The summed E-state index contributed by atoms with van der Waals surface area (Å²) in [5.41, 5.74) is 2.00. The second kappa shape index (κ2) is 8.72. The number of rotatable bonds is 6. The van der Waals surface area contributed by atoms with Gasteiger partial charge in [0.1, 0.15) is 11.5 Å². The van der Waals surface area contributed by atoms with Crippen molar-refractivity contribution < 1.29 is 9.05 Å². The maximum Gasteiger partial charge on any atom is 0.319 e. The molecule has 0 fully saturated rings. The number of benzene rings is 3. The first-order valence-electron chi connectivity index (χ1n) is 8.66. The Bertz CT molecular complexity index is 1070. The average Bonchev–Trinajstić information content (AvgIpc) is 2.73. The fourth-order valence-corrected chi connectivity index (χ4v) is 5.64. The zero-order valence-electron chi connectivity index (χ0n) is 15.2. The van der Waals surface area contributed by atoms with Gasteiger partial charge in [-0.15, -0.1) is 0 Å². The summed E-state index contributed by atoms with van der Waals surface area (Å²) in [5.74, 6) is 0.953. The zero-order chi connectivity index (χ0) is 20.0. The fraction of sp³-hybridized carbons (Fsp3) is 0.0909. The first kappa shape index (κ1) is 19.6. The Hall–Kier alpha value is -3.11. The van der Waals surface area contributed by atoms with Crippen LogP contribution in [0.2, 0.25) is 0 Å². The van der Waals surface area contributed by atoms with Gasteiger partial charge in [0.15, 0.2) is 0 Å². The van der Waals surface area contributed by atoms with E-state index in [-0.39, 0.29) is 0 Å². The van der Waals surface area contributed by atoms with Gasteiger partial charge in [-0.05, 0) is 66.3 Å². The zero-order valence-corrected chi connectivity index (χ0v) is 16.9. The molecule has 3 aromatic carbocycles. The Morgan fingerprint density at radius 3 is 1.86 bits per heavy atom. The van der Waals surface area contributed by atoms with Crippen LogP contribution in [-0.2, 0) is 18.2 Å². The summed E-state index contributed by atoms with van der Waals surface area (Å²) in [5, 5.41) is 19.2. The van der Waals surface area contributed by atoms with Gasteiger partial charge in [0.2, 0.25) is 0 Å². The van der Waals surface area contributed by atoms with Crippen LogP contribution in [0, 0.1) is 22.7 Å². The average molecular weight is 404 g/mol. The van der Waals surface area contributed by atoms with Gasteiger partial charge in [0.05, 0.1) is 28.6 Å². The van der Waals surface area contributed by atoms with E-state index in [1.807, 2.05) is 31.2 Å². The van der Waals surface area contributed by atoms with Crippen molar-refractivity contribution in [2.24, 2.45) is 0 Å². The molecule has 0 atom stereocenters. The van der Waals surface area contributed by atoms with Gasteiger partial charge in [0, 0.05) is 0 Å². The molecule has 0 radical (unpaired) electrons. The molecule has 3 rings (SSSR count). The van der Waals surface area contributed by atoms with Crippen LogP contribution >= 0.6 is 6.49 Å². The monoisotopic (exact) mass is 404 g/mol. The minimum absolute atomic E-state index is 0.477. The van der Waals surface area contributed by atoms with Crippen LogP contribution in [-0.4, -0.2) is 0 Å². The van der Waals surface area contributed by atoms with Crippen molar-refractivity contribution in [2.45, 2.75) is 13.3 Å². The minimum Gasteiger partial charge on any atom is -0.432 e. The van der Waals surface area contributed by atoms with Crippen molar-refractivity contribution in [1.29, 1.82) is 10.5 Å². The molecule has 0 amide bonds. The lowest BCUT2D eigenvalue weighted by Crippen LogP contribution is -2.18. The highest BCUT2D eigenvalue weighted by Gasteiger charge is 2.28. The van der Waals surface area contributed by atoms with Crippen LogP contribution in [0.15, 0.2) is 72.8 Å². The van der Waals surface area contributed by atoms with E-state index in [9.17, 15) is 0 Å². The number of nitriles is 2. The molecule has 0 saturated carbocycles. The predicted octanol–water partition coefficient (Wildman–Crippen LogP) is 5.09. The quantitative estimate of drug-likeness (QED) is 0.536. The lowest BCUT2D eigenvalue weighted by molar-refractivity contribution is 0.498. The van der Waals surface area contributed by atoms with Gasteiger partial charge in [-0.3, -0.25) is 0 Å². The maximum absolute atomic E-state index is 9.17. The van der Waals surface area contributed by atoms with E-state index in [2.05, 4.69) is 12.1 Å². The van der Waals surface area contributed by atoms with Crippen molar-refractivity contribution in [3.63, 3.8) is 0 Å². The van der Waals surface area contributed by atoms with E-state index < -0.39 is 6.49 Å². The molecule has 0 heterocycles.